The highest BCUT2D eigenvalue weighted by molar-refractivity contribution is 5.98. The largest absolute Gasteiger partial charge is 0.338 e. The molecule has 2 amide bonds. The second-order valence-corrected chi connectivity index (χ2v) is 7.47. The fourth-order valence-electron chi connectivity index (χ4n) is 3.54. The second-order valence-electron chi connectivity index (χ2n) is 7.47. The Morgan fingerprint density at radius 2 is 2.04 bits per heavy atom. The van der Waals surface area contributed by atoms with Crippen LogP contribution >= 0.6 is 0 Å². The van der Waals surface area contributed by atoms with Gasteiger partial charge >= 0.3 is 0 Å². The number of nitrogens with zero attached hydrogens (tertiary/aromatic N) is 4. The monoisotopic (exact) mass is 377 g/mol. The molecule has 0 spiro atoms. The van der Waals surface area contributed by atoms with E-state index in [4.69, 9.17) is 0 Å². The normalized spacial score (nSPS) is 16.9. The van der Waals surface area contributed by atoms with Crippen molar-refractivity contribution >= 4 is 28.5 Å². The predicted molar refractivity (Wildman–Crippen MR) is 107 cm³/mol. The zero-order valence-electron chi connectivity index (χ0n) is 16.0. The third-order valence-electron chi connectivity index (χ3n) is 4.99. The van der Waals surface area contributed by atoms with Crippen LogP contribution in [-0.4, -0.2) is 38.0 Å². The Morgan fingerprint density at radius 1 is 1.25 bits per heavy atom. The van der Waals surface area contributed by atoms with Crippen molar-refractivity contribution in [2.45, 2.75) is 32.9 Å². The number of benzene rings is 1. The molecule has 144 valence electrons. The lowest BCUT2D eigenvalue weighted by Crippen LogP contribution is -2.28. The first kappa shape index (κ1) is 18.2. The van der Waals surface area contributed by atoms with Crippen LogP contribution in [0.4, 0.5) is 5.69 Å². The maximum absolute atomic E-state index is 12.7. The molecule has 4 rings (SSSR count). The first-order valence-corrected chi connectivity index (χ1v) is 9.47. The molecule has 3 heterocycles. The summed E-state index contributed by atoms with van der Waals surface area (Å²) in [6, 6.07) is 11.9. The first-order chi connectivity index (χ1) is 13.5. The maximum atomic E-state index is 12.7. The van der Waals surface area contributed by atoms with Crippen LogP contribution in [0.25, 0.3) is 11.0 Å². The molecule has 0 aliphatic carbocycles. The smallest absolute Gasteiger partial charge is 0.229 e. The molecule has 7 heteroatoms. The van der Waals surface area contributed by atoms with E-state index in [1.54, 1.807) is 17.3 Å². The molecule has 1 aromatic carbocycles. The van der Waals surface area contributed by atoms with Gasteiger partial charge < -0.3 is 10.2 Å². The molecular formula is C21H23N5O2. The molecule has 0 saturated carbocycles. The number of anilines is 1. The van der Waals surface area contributed by atoms with E-state index in [0.717, 1.165) is 16.6 Å². The van der Waals surface area contributed by atoms with Gasteiger partial charge in [-0.15, -0.1) is 0 Å². The van der Waals surface area contributed by atoms with Crippen molar-refractivity contribution in [3.8, 4) is 0 Å². The standard InChI is InChI=1S/C21H23N5O2/c1-14(2)26-20-16(10-23-26)8-18(11-22-20)24-21(28)17-9-19(27)25(13-17)12-15-6-4-3-5-7-15/h3-8,10-11,14,17H,9,12-13H2,1-2H3,(H,24,28). The van der Waals surface area contributed by atoms with Crippen LogP contribution in [-0.2, 0) is 16.1 Å². The van der Waals surface area contributed by atoms with E-state index in [9.17, 15) is 9.59 Å². The zero-order chi connectivity index (χ0) is 19.7. The Balaban J connectivity index is 1.42. The summed E-state index contributed by atoms with van der Waals surface area (Å²) in [6.45, 7) is 5.05. The molecular weight excluding hydrogens is 354 g/mol. The van der Waals surface area contributed by atoms with E-state index in [1.165, 1.54) is 0 Å². The van der Waals surface area contributed by atoms with Gasteiger partial charge in [-0.25, -0.2) is 9.67 Å². The van der Waals surface area contributed by atoms with Crippen molar-refractivity contribution in [2.75, 3.05) is 11.9 Å². The molecule has 7 nitrogen and oxygen atoms in total. The van der Waals surface area contributed by atoms with Crippen LogP contribution in [0.2, 0.25) is 0 Å². The van der Waals surface area contributed by atoms with Crippen molar-refractivity contribution < 1.29 is 9.59 Å². The average Bonchev–Trinajstić information content (AvgIpc) is 3.26. The van der Waals surface area contributed by atoms with E-state index < -0.39 is 0 Å². The Kier molecular flexibility index (Phi) is 4.81. The number of pyridine rings is 1. The summed E-state index contributed by atoms with van der Waals surface area (Å²) in [5, 5.41) is 8.12. The van der Waals surface area contributed by atoms with Gasteiger partial charge in [-0.05, 0) is 25.5 Å². The van der Waals surface area contributed by atoms with Gasteiger partial charge in [-0.2, -0.15) is 5.10 Å². The molecule has 1 atom stereocenters. The highest BCUT2D eigenvalue weighted by atomic mass is 16.2. The van der Waals surface area contributed by atoms with Crippen molar-refractivity contribution in [3.05, 3.63) is 54.4 Å². The number of aromatic nitrogens is 3. The average molecular weight is 377 g/mol. The molecule has 1 fully saturated rings. The number of likely N-dealkylation sites (tertiary alicyclic amines) is 1. The van der Waals surface area contributed by atoms with Gasteiger partial charge in [0.05, 0.1) is 24.0 Å². The van der Waals surface area contributed by atoms with Gasteiger partial charge in [0.25, 0.3) is 0 Å². The van der Waals surface area contributed by atoms with Crippen molar-refractivity contribution in [1.82, 2.24) is 19.7 Å². The quantitative estimate of drug-likeness (QED) is 0.741. The van der Waals surface area contributed by atoms with Crippen LogP contribution in [0.15, 0.2) is 48.8 Å². The fraction of sp³-hybridized carbons (Fsp3) is 0.333. The summed E-state index contributed by atoms with van der Waals surface area (Å²) in [4.78, 5) is 31.2. The summed E-state index contributed by atoms with van der Waals surface area (Å²) in [5.41, 5.74) is 2.47. The van der Waals surface area contributed by atoms with E-state index in [0.29, 0.717) is 18.8 Å². The minimum absolute atomic E-state index is 0.00999. The number of carbonyl (C=O) groups excluding carboxylic acids is 2. The third-order valence-corrected chi connectivity index (χ3v) is 4.99. The number of hydrogen-bond acceptors (Lipinski definition) is 4. The van der Waals surface area contributed by atoms with Crippen LogP contribution in [0.1, 0.15) is 31.9 Å². The van der Waals surface area contributed by atoms with Crippen molar-refractivity contribution in [3.63, 3.8) is 0 Å². The topological polar surface area (TPSA) is 80.1 Å². The lowest BCUT2D eigenvalue weighted by atomic mass is 10.1. The molecule has 0 radical (unpaired) electrons. The molecule has 0 bridgehead atoms. The van der Waals surface area contributed by atoms with Gasteiger partial charge in [0.1, 0.15) is 0 Å². The predicted octanol–water partition coefficient (Wildman–Crippen LogP) is 3.00. The SMILES string of the molecule is CC(C)n1ncc2cc(NC(=O)C3CC(=O)N(Cc4ccccc4)C3)cnc21. The third kappa shape index (κ3) is 3.60. The fourth-order valence-corrected chi connectivity index (χ4v) is 3.54. The van der Waals surface area contributed by atoms with Gasteiger partial charge in [-0.3, -0.25) is 9.59 Å². The molecule has 1 unspecified atom stereocenters. The summed E-state index contributed by atoms with van der Waals surface area (Å²) < 4.78 is 1.85. The summed E-state index contributed by atoms with van der Waals surface area (Å²) >= 11 is 0. The molecule has 1 aliphatic heterocycles. The molecule has 3 aromatic rings. The molecule has 1 N–H and O–H groups in total. The minimum atomic E-state index is -0.356. The zero-order valence-corrected chi connectivity index (χ0v) is 16.0. The molecule has 1 saturated heterocycles. The first-order valence-electron chi connectivity index (χ1n) is 9.47. The number of hydrogen-bond donors (Lipinski definition) is 1. The van der Waals surface area contributed by atoms with Crippen LogP contribution in [0.3, 0.4) is 0 Å². The number of nitrogens with one attached hydrogen (secondary N) is 1. The van der Waals surface area contributed by atoms with E-state index in [1.807, 2.05) is 54.9 Å². The number of fused-ring (bicyclic) bond motifs is 1. The van der Waals surface area contributed by atoms with Crippen LogP contribution < -0.4 is 5.32 Å². The number of carbonyl (C=O) groups is 2. The van der Waals surface area contributed by atoms with Crippen molar-refractivity contribution in [1.29, 1.82) is 0 Å². The van der Waals surface area contributed by atoms with Gasteiger partial charge in [0.15, 0.2) is 5.65 Å². The van der Waals surface area contributed by atoms with Gasteiger partial charge in [-0.1, -0.05) is 30.3 Å². The van der Waals surface area contributed by atoms with Gasteiger partial charge in [0, 0.05) is 30.9 Å². The van der Waals surface area contributed by atoms with E-state index in [-0.39, 0.29) is 30.2 Å². The Labute approximate surface area is 163 Å². The Morgan fingerprint density at radius 3 is 2.79 bits per heavy atom. The summed E-state index contributed by atoms with van der Waals surface area (Å²) in [6.07, 6.45) is 3.62. The lowest BCUT2D eigenvalue weighted by Gasteiger charge is -2.16. The maximum Gasteiger partial charge on any atom is 0.229 e. The highest BCUT2D eigenvalue weighted by Gasteiger charge is 2.34. The summed E-state index contributed by atoms with van der Waals surface area (Å²) in [5.74, 6) is -0.498. The Bertz CT molecular complexity index is 1010. The highest BCUT2D eigenvalue weighted by Crippen LogP contribution is 2.23. The molecule has 28 heavy (non-hydrogen) atoms. The summed E-state index contributed by atoms with van der Waals surface area (Å²) in [7, 11) is 0. The van der Waals surface area contributed by atoms with E-state index in [2.05, 4.69) is 15.4 Å². The van der Waals surface area contributed by atoms with E-state index >= 15 is 0 Å². The van der Waals surface area contributed by atoms with Crippen molar-refractivity contribution in [2.24, 2.45) is 5.92 Å². The lowest BCUT2D eigenvalue weighted by molar-refractivity contribution is -0.128. The number of rotatable bonds is 5. The minimum Gasteiger partial charge on any atom is -0.338 e. The number of amides is 2. The Hall–Kier alpha value is -3.22. The van der Waals surface area contributed by atoms with Gasteiger partial charge in [0.2, 0.25) is 11.8 Å². The van der Waals surface area contributed by atoms with Crippen LogP contribution in [0.5, 0.6) is 0 Å². The second kappa shape index (κ2) is 7.42. The molecule has 2 aromatic heterocycles. The van der Waals surface area contributed by atoms with Crippen LogP contribution in [0, 0.1) is 5.92 Å². The molecule has 1 aliphatic rings.